The van der Waals surface area contributed by atoms with E-state index in [4.69, 9.17) is 9.84 Å². The number of hydrogen-bond acceptors (Lipinski definition) is 2. The Morgan fingerprint density at radius 1 is 0.889 bits per heavy atom. The molecule has 0 amide bonds. The Morgan fingerprint density at radius 2 is 1.56 bits per heavy atom. The smallest absolute Gasteiger partial charge is 0.420 e. The lowest BCUT2D eigenvalue weighted by atomic mass is 10.2. The second kappa shape index (κ2) is 4.60. The Kier molecular flexibility index (Phi) is 3.14. The van der Waals surface area contributed by atoms with Crippen molar-refractivity contribution in [1.29, 1.82) is 0 Å². The topological polar surface area (TPSA) is 29.5 Å². The van der Waals surface area contributed by atoms with Crippen molar-refractivity contribution in [2.24, 2.45) is 0 Å². The summed E-state index contributed by atoms with van der Waals surface area (Å²) >= 11 is 0. The van der Waals surface area contributed by atoms with Crippen LogP contribution < -0.4 is 4.74 Å². The van der Waals surface area contributed by atoms with E-state index in [0.29, 0.717) is 5.75 Å². The van der Waals surface area contributed by atoms with Gasteiger partial charge < -0.3 is 9.84 Å². The van der Waals surface area contributed by atoms with Crippen LogP contribution >= 0.6 is 0 Å². The number of alkyl halides is 3. The molecule has 2 aromatic carbocycles. The maximum atomic E-state index is 12.6. The Labute approximate surface area is 101 Å². The van der Waals surface area contributed by atoms with Crippen LogP contribution in [0.15, 0.2) is 48.5 Å². The molecular weight excluding hydrogens is 245 g/mol. The summed E-state index contributed by atoms with van der Waals surface area (Å²) in [5.41, 5.74) is -1.11. The molecule has 94 valence electrons. The molecule has 0 aromatic heterocycles. The number of phenolic OH excluding ortho intramolecular Hbond substituents is 1. The molecule has 0 heterocycles. The molecule has 1 N–H and O–H groups in total. The number of halogens is 3. The van der Waals surface area contributed by atoms with Crippen LogP contribution in [0.4, 0.5) is 13.2 Å². The highest BCUT2D eigenvalue weighted by Gasteiger charge is 2.34. The maximum Gasteiger partial charge on any atom is 0.420 e. The van der Waals surface area contributed by atoms with Crippen molar-refractivity contribution in [3.8, 4) is 17.2 Å². The molecule has 2 aromatic rings. The van der Waals surface area contributed by atoms with Crippen molar-refractivity contribution < 1.29 is 23.0 Å². The van der Waals surface area contributed by atoms with E-state index < -0.39 is 17.5 Å². The monoisotopic (exact) mass is 254 g/mol. The summed E-state index contributed by atoms with van der Waals surface area (Å²) in [6, 6.07) is 11.4. The second-order valence-corrected chi connectivity index (χ2v) is 3.59. The van der Waals surface area contributed by atoms with Gasteiger partial charge >= 0.3 is 6.18 Å². The first-order chi connectivity index (χ1) is 8.47. The van der Waals surface area contributed by atoms with E-state index in [2.05, 4.69) is 0 Å². The van der Waals surface area contributed by atoms with Crippen LogP contribution in [0.1, 0.15) is 5.56 Å². The maximum absolute atomic E-state index is 12.6. The van der Waals surface area contributed by atoms with Crippen LogP contribution in [0.25, 0.3) is 0 Å². The summed E-state index contributed by atoms with van der Waals surface area (Å²) in [4.78, 5) is 0. The lowest BCUT2D eigenvalue weighted by molar-refractivity contribution is -0.138. The minimum Gasteiger partial charge on any atom is -0.507 e. The highest BCUT2D eigenvalue weighted by Crippen LogP contribution is 2.38. The molecule has 0 bridgehead atoms. The SMILES string of the molecule is Oc1ccc(Oc2ccccc2)cc1C(F)(F)F. The fourth-order valence-corrected chi connectivity index (χ4v) is 1.43. The first kappa shape index (κ1) is 12.3. The van der Waals surface area contributed by atoms with E-state index in [1.54, 1.807) is 30.3 Å². The predicted molar refractivity (Wildman–Crippen MR) is 59.6 cm³/mol. The predicted octanol–water partition coefficient (Wildman–Crippen LogP) is 4.20. The number of para-hydroxylation sites is 1. The number of phenols is 1. The molecule has 0 atom stereocenters. The van der Waals surface area contributed by atoms with Crippen molar-refractivity contribution in [1.82, 2.24) is 0 Å². The third-order valence-corrected chi connectivity index (χ3v) is 2.25. The molecule has 2 nitrogen and oxygen atoms in total. The van der Waals surface area contributed by atoms with Gasteiger partial charge in [-0.15, -0.1) is 0 Å². The van der Waals surface area contributed by atoms with E-state index >= 15 is 0 Å². The first-order valence-corrected chi connectivity index (χ1v) is 5.10. The average Bonchev–Trinajstić information content (AvgIpc) is 2.31. The second-order valence-electron chi connectivity index (χ2n) is 3.59. The summed E-state index contributed by atoms with van der Waals surface area (Å²) in [5, 5.41) is 9.16. The van der Waals surface area contributed by atoms with Gasteiger partial charge in [-0.05, 0) is 30.3 Å². The van der Waals surface area contributed by atoms with Gasteiger partial charge in [-0.2, -0.15) is 13.2 Å². The van der Waals surface area contributed by atoms with Gasteiger partial charge in [-0.3, -0.25) is 0 Å². The number of aromatic hydroxyl groups is 1. The first-order valence-electron chi connectivity index (χ1n) is 5.10. The third kappa shape index (κ3) is 2.74. The minimum atomic E-state index is -4.61. The lowest BCUT2D eigenvalue weighted by Crippen LogP contribution is -2.05. The summed E-state index contributed by atoms with van der Waals surface area (Å²) in [7, 11) is 0. The van der Waals surface area contributed by atoms with Crippen LogP contribution in [0.3, 0.4) is 0 Å². The van der Waals surface area contributed by atoms with Crippen molar-refractivity contribution in [3.05, 3.63) is 54.1 Å². The third-order valence-electron chi connectivity index (χ3n) is 2.25. The largest absolute Gasteiger partial charge is 0.507 e. The molecule has 2 rings (SSSR count). The molecule has 0 unspecified atom stereocenters. The van der Waals surface area contributed by atoms with Gasteiger partial charge in [0.15, 0.2) is 0 Å². The quantitative estimate of drug-likeness (QED) is 0.870. The number of hydrogen-bond donors (Lipinski definition) is 1. The van der Waals surface area contributed by atoms with E-state index in [1.807, 2.05) is 0 Å². The van der Waals surface area contributed by atoms with Crippen LogP contribution in [-0.4, -0.2) is 5.11 Å². The van der Waals surface area contributed by atoms with Gasteiger partial charge in [0.25, 0.3) is 0 Å². The summed E-state index contributed by atoms with van der Waals surface area (Å²) in [6.07, 6.45) is -4.61. The van der Waals surface area contributed by atoms with E-state index in [9.17, 15) is 13.2 Å². The van der Waals surface area contributed by atoms with E-state index in [0.717, 1.165) is 12.1 Å². The van der Waals surface area contributed by atoms with Gasteiger partial charge in [-0.1, -0.05) is 18.2 Å². The van der Waals surface area contributed by atoms with Crippen LogP contribution in [0, 0.1) is 0 Å². The summed E-state index contributed by atoms with van der Waals surface area (Å²) in [5.74, 6) is -0.370. The van der Waals surface area contributed by atoms with E-state index in [1.165, 1.54) is 6.07 Å². The Morgan fingerprint density at radius 3 is 2.17 bits per heavy atom. The highest BCUT2D eigenvalue weighted by molar-refractivity contribution is 5.42. The zero-order valence-electron chi connectivity index (χ0n) is 9.11. The Balaban J connectivity index is 2.31. The molecule has 0 saturated carbocycles. The standard InChI is InChI=1S/C13H9F3O2/c14-13(15,16)11-8-10(6-7-12(11)17)18-9-4-2-1-3-5-9/h1-8,17H. The molecular formula is C13H9F3O2. The molecule has 0 aliphatic heterocycles. The van der Waals surface area contributed by atoms with Crippen molar-refractivity contribution in [2.45, 2.75) is 6.18 Å². The zero-order valence-corrected chi connectivity index (χ0v) is 9.11. The molecule has 0 aliphatic carbocycles. The fraction of sp³-hybridized carbons (Fsp3) is 0.0769. The van der Waals surface area contributed by atoms with Crippen LogP contribution in [0.2, 0.25) is 0 Å². The van der Waals surface area contributed by atoms with Gasteiger partial charge in [0, 0.05) is 0 Å². The molecule has 0 aliphatic rings. The number of benzene rings is 2. The van der Waals surface area contributed by atoms with E-state index in [-0.39, 0.29) is 5.75 Å². The average molecular weight is 254 g/mol. The van der Waals surface area contributed by atoms with Crippen molar-refractivity contribution in [3.63, 3.8) is 0 Å². The van der Waals surface area contributed by atoms with Gasteiger partial charge in [0.2, 0.25) is 0 Å². The normalized spacial score (nSPS) is 11.3. The number of rotatable bonds is 2. The molecule has 18 heavy (non-hydrogen) atoms. The molecule has 0 spiro atoms. The molecule has 0 fully saturated rings. The summed E-state index contributed by atoms with van der Waals surface area (Å²) in [6.45, 7) is 0. The Hall–Kier alpha value is -2.17. The van der Waals surface area contributed by atoms with Gasteiger partial charge in [-0.25, -0.2) is 0 Å². The zero-order chi connectivity index (χ0) is 13.2. The van der Waals surface area contributed by atoms with Gasteiger partial charge in [0.05, 0.1) is 0 Å². The lowest BCUT2D eigenvalue weighted by Gasteiger charge is -2.11. The van der Waals surface area contributed by atoms with Crippen molar-refractivity contribution in [2.75, 3.05) is 0 Å². The Bertz CT molecular complexity index is 536. The molecule has 0 radical (unpaired) electrons. The fourth-order valence-electron chi connectivity index (χ4n) is 1.43. The molecule has 5 heteroatoms. The minimum absolute atomic E-state index is 0.0197. The highest BCUT2D eigenvalue weighted by atomic mass is 19.4. The van der Waals surface area contributed by atoms with Gasteiger partial charge in [0.1, 0.15) is 22.8 Å². The van der Waals surface area contributed by atoms with Crippen LogP contribution in [-0.2, 0) is 6.18 Å². The molecule has 0 saturated heterocycles. The van der Waals surface area contributed by atoms with Crippen LogP contribution in [0.5, 0.6) is 17.2 Å². The number of ether oxygens (including phenoxy) is 1. The summed E-state index contributed by atoms with van der Waals surface area (Å²) < 4.78 is 42.9. The van der Waals surface area contributed by atoms with Crippen molar-refractivity contribution >= 4 is 0 Å².